The molecule has 5 N–H and O–H groups in total. The van der Waals surface area contributed by atoms with Crippen molar-refractivity contribution in [2.45, 2.75) is 110 Å². The van der Waals surface area contributed by atoms with Gasteiger partial charge in [-0.2, -0.15) is 0 Å². The molecule has 2 bridgehead atoms. The van der Waals surface area contributed by atoms with E-state index in [0.717, 1.165) is 42.6 Å². The van der Waals surface area contributed by atoms with Gasteiger partial charge >= 0.3 is 0 Å². The van der Waals surface area contributed by atoms with E-state index >= 15 is 0 Å². The predicted octanol–water partition coefficient (Wildman–Crippen LogP) is 7.73. The van der Waals surface area contributed by atoms with E-state index in [4.69, 9.17) is 15.2 Å². The Kier molecular flexibility index (Phi) is 11.3. The number of amides is 2. The molecule has 0 aromatic heterocycles. The molecule has 3 aliphatic rings. The average molecular weight is 683 g/mol. The molecule has 2 saturated heterocycles. The van der Waals surface area contributed by atoms with Gasteiger partial charge in [-0.25, -0.2) is 0 Å². The van der Waals surface area contributed by atoms with Crippen molar-refractivity contribution in [2.24, 2.45) is 10.8 Å². The van der Waals surface area contributed by atoms with E-state index in [0.29, 0.717) is 59.6 Å². The number of nitrogen functional groups attached to an aromatic ring is 1. The van der Waals surface area contributed by atoms with Gasteiger partial charge < -0.3 is 30.9 Å². The van der Waals surface area contributed by atoms with E-state index in [1.54, 1.807) is 12.1 Å². The van der Waals surface area contributed by atoms with Crippen molar-refractivity contribution in [1.82, 2.24) is 4.90 Å². The van der Waals surface area contributed by atoms with Crippen LogP contribution in [0.2, 0.25) is 0 Å². The van der Waals surface area contributed by atoms with Crippen LogP contribution in [-0.4, -0.2) is 47.1 Å². The molecule has 0 spiro atoms. The highest BCUT2D eigenvalue weighted by molar-refractivity contribution is 5.93. The molecule has 3 aromatic carbocycles. The number of fused-ring (bicyclic) bond motifs is 2. The summed E-state index contributed by atoms with van der Waals surface area (Å²) in [7, 11) is 0. The third-order valence-electron chi connectivity index (χ3n) is 10.6. The Morgan fingerprint density at radius 2 is 1.62 bits per heavy atom. The maximum Gasteiger partial charge on any atom is 0.224 e. The van der Waals surface area contributed by atoms with E-state index in [2.05, 4.69) is 36.3 Å². The largest absolute Gasteiger partial charge is 0.397 e. The van der Waals surface area contributed by atoms with Gasteiger partial charge in [0.05, 0.1) is 30.2 Å². The van der Waals surface area contributed by atoms with Gasteiger partial charge in [0.1, 0.15) is 0 Å². The minimum absolute atomic E-state index is 0.00594. The van der Waals surface area contributed by atoms with Crippen LogP contribution >= 0.6 is 0 Å². The predicted molar refractivity (Wildman–Crippen MR) is 197 cm³/mol. The van der Waals surface area contributed by atoms with Crippen LogP contribution in [0.5, 0.6) is 0 Å². The number of nitrogens with two attached hydrogens (primary N) is 1. The number of nitrogens with zero attached hydrogens (tertiary/aromatic N) is 1. The molecule has 5 unspecified atom stereocenters. The number of para-hydroxylation sites is 2. The lowest BCUT2D eigenvalue weighted by molar-refractivity contribution is -0.253. The number of nitrogens with one attached hydrogen (secondary N) is 2. The first kappa shape index (κ1) is 36.0. The summed E-state index contributed by atoms with van der Waals surface area (Å²) >= 11 is 0. The number of rotatable bonds is 13. The number of carbonyl (C=O) groups excluding carboxylic acids is 2. The SMILES string of the molecule is CC1(C)CC2CC(C)(CN2CC2CC(c3ccc(CO)cc3)OC(c3cccc(NC(=O)CCCCCC(=O)Nc4ccccc4N)c3)O2)C1. The second-order valence-electron chi connectivity index (χ2n) is 15.9. The summed E-state index contributed by atoms with van der Waals surface area (Å²) in [6, 6.07) is 23.5. The summed E-state index contributed by atoms with van der Waals surface area (Å²) in [5.41, 5.74) is 11.3. The molecule has 1 saturated carbocycles. The van der Waals surface area contributed by atoms with Crippen molar-refractivity contribution in [3.63, 3.8) is 0 Å². The van der Waals surface area contributed by atoms with Crippen molar-refractivity contribution >= 4 is 28.9 Å². The normalized spacial score (nSPS) is 26.0. The third-order valence-corrected chi connectivity index (χ3v) is 10.6. The summed E-state index contributed by atoms with van der Waals surface area (Å²) in [5.74, 6) is -0.144. The zero-order valence-electron chi connectivity index (χ0n) is 29.8. The van der Waals surface area contributed by atoms with E-state index in [9.17, 15) is 14.7 Å². The van der Waals surface area contributed by atoms with E-state index in [1.807, 2.05) is 60.7 Å². The highest BCUT2D eigenvalue weighted by Gasteiger charge is 2.50. The zero-order valence-corrected chi connectivity index (χ0v) is 29.8. The van der Waals surface area contributed by atoms with E-state index < -0.39 is 6.29 Å². The van der Waals surface area contributed by atoms with Crippen molar-refractivity contribution in [1.29, 1.82) is 0 Å². The first-order valence-corrected chi connectivity index (χ1v) is 18.3. The quantitative estimate of drug-likeness (QED) is 0.107. The van der Waals surface area contributed by atoms with Crippen molar-refractivity contribution in [3.05, 3.63) is 89.5 Å². The smallest absolute Gasteiger partial charge is 0.224 e. The van der Waals surface area contributed by atoms with Gasteiger partial charge in [-0.05, 0) is 78.3 Å². The number of aliphatic hydroxyl groups excluding tert-OH is 1. The fourth-order valence-electron chi connectivity index (χ4n) is 8.64. The van der Waals surface area contributed by atoms with Crippen LogP contribution < -0.4 is 16.4 Å². The van der Waals surface area contributed by atoms with Gasteiger partial charge in [-0.1, -0.05) is 75.7 Å². The molecule has 50 heavy (non-hydrogen) atoms. The summed E-state index contributed by atoms with van der Waals surface area (Å²) in [5, 5.41) is 15.5. The highest BCUT2D eigenvalue weighted by atomic mass is 16.7. The number of ether oxygens (including phenoxy) is 2. The van der Waals surface area contributed by atoms with Crippen molar-refractivity contribution < 1.29 is 24.2 Å². The van der Waals surface area contributed by atoms with Gasteiger partial charge in [0, 0.05) is 49.6 Å². The van der Waals surface area contributed by atoms with Gasteiger partial charge in [0.2, 0.25) is 11.8 Å². The van der Waals surface area contributed by atoms with Crippen LogP contribution in [0.15, 0.2) is 72.8 Å². The summed E-state index contributed by atoms with van der Waals surface area (Å²) in [6.45, 7) is 9.23. The molecule has 3 aromatic rings. The Hall–Kier alpha value is -3.76. The van der Waals surface area contributed by atoms with Gasteiger partial charge in [0.15, 0.2) is 6.29 Å². The molecule has 9 nitrogen and oxygen atoms in total. The number of anilines is 3. The molecule has 6 rings (SSSR count). The van der Waals surface area contributed by atoms with Gasteiger partial charge in [-0.15, -0.1) is 0 Å². The van der Waals surface area contributed by atoms with Crippen molar-refractivity contribution in [2.75, 3.05) is 29.5 Å². The lowest BCUT2D eigenvalue weighted by Gasteiger charge is -2.41. The van der Waals surface area contributed by atoms with E-state index in [-0.39, 0.29) is 30.6 Å². The number of hydrogen-bond donors (Lipinski definition) is 4. The highest BCUT2D eigenvalue weighted by Crippen LogP contribution is 2.53. The topological polar surface area (TPSA) is 126 Å². The van der Waals surface area contributed by atoms with Gasteiger partial charge in [-0.3, -0.25) is 14.5 Å². The Bertz CT molecular complexity index is 1630. The molecule has 2 amide bonds. The molecule has 5 atom stereocenters. The Labute approximate surface area is 296 Å². The Morgan fingerprint density at radius 1 is 0.880 bits per heavy atom. The summed E-state index contributed by atoms with van der Waals surface area (Å²) in [4.78, 5) is 27.8. The maximum atomic E-state index is 12.9. The van der Waals surface area contributed by atoms with E-state index in [1.165, 1.54) is 19.3 Å². The molecule has 2 aliphatic heterocycles. The number of aliphatic hydroxyl groups is 1. The lowest BCUT2D eigenvalue weighted by atomic mass is 9.65. The van der Waals surface area contributed by atoms with Gasteiger partial charge in [0.25, 0.3) is 0 Å². The average Bonchev–Trinajstić information content (AvgIpc) is 3.32. The number of hydrogen-bond acceptors (Lipinski definition) is 7. The number of unbranched alkanes of at least 4 members (excludes halogenated alkanes) is 2. The minimum atomic E-state index is -0.584. The number of likely N-dealkylation sites (tertiary alicyclic amines) is 1. The maximum absolute atomic E-state index is 12.9. The van der Waals surface area contributed by atoms with Crippen LogP contribution in [-0.2, 0) is 25.7 Å². The Balaban J connectivity index is 1.05. The number of benzene rings is 3. The monoisotopic (exact) mass is 682 g/mol. The second-order valence-corrected chi connectivity index (χ2v) is 15.9. The fourth-order valence-corrected chi connectivity index (χ4v) is 8.64. The molecule has 1 aliphatic carbocycles. The fraction of sp³-hybridized carbons (Fsp3) is 0.512. The lowest BCUT2D eigenvalue weighted by Crippen LogP contribution is -2.42. The standard InChI is InChI=1S/C41H54N4O5/c1-40(2)22-32-23-41(3,26-40)27-45(32)24-33-21-36(29-18-16-28(25-46)17-19-29)50-39(49-33)30-10-9-11-31(20-30)43-37(47)14-5-4-6-15-38(48)44-35-13-8-7-12-34(35)42/h7-13,16-20,32-33,36,39,46H,4-6,14-15,21-27,42H2,1-3H3,(H,43,47)(H,44,48). The first-order valence-electron chi connectivity index (χ1n) is 18.3. The molecule has 0 radical (unpaired) electrons. The minimum Gasteiger partial charge on any atom is -0.397 e. The molecule has 3 fully saturated rings. The second kappa shape index (κ2) is 15.6. The van der Waals surface area contributed by atoms with Crippen LogP contribution in [0.1, 0.15) is 108 Å². The molecule has 268 valence electrons. The molecule has 2 heterocycles. The first-order chi connectivity index (χ1) is 24.0. The van der Waals surface area contributed by atoms with Crippen molar-refractivity contribution in [3.8, 4) is 0 Å². The van der Waals surface area contributed by atoms with Crippen LogP contribution in [0.3, 0.4) is 0 Å². The molecular formula is C41H54N4O5. The third kappa shape index (κ3) is 9.31. The molecular weight excluding hydrogens is 628 g/mol. The summed E-state index contributed by atoms with van der Waals surface area (Å²) < 4.78 is 13.3. The van der Waals surface area contributed by atoms with Crippen LogP contribution in [0.25, 0.3) is 0 Å². The van der Waals surface area contributed by atoms with Crippen LogP contribution in [0.4, 0.5) is 17.1 Å². The van der Waals surface area contributed by atoms with Crippen LogP contribution in [0, 0.1) is 10.8 Å². The zero-order chi connectivity index (χ0) is 35.3. The number of carbonyl (C=O) groups is 2. The summed E-state index contributed by atoms with van der Waals surface area (Å²) in [6.07, 6.45) is 6.59. The molecule has 9 heteroatoms. The Morgan fingerprint density at radius 3 is 2.36 bits per heavy atom.